The highest BCUT2D eigenvalue weighted by atomic mass is 16.5. The molecular weight excluding hydrogens is 133 g/mol. The quantitative estimate of drug-likeness (QED) is 0.356. The number of hydrogen-bond donors (Lipinski definition) is 3. The summed E-state index contributed by atoms with van der Waals surface area (Å²) in [6.45, 7) is -0.202. The van der Waals surface area contributed by atoms with E-state index in [-0.39, 0.29) is 6.61 Å². The van der Waals surface area contributed by atoms with Crippen molar-refractivity contribution in [2.24, 2.45) is 5.73 Å². The maximum Gasteiger partial charge on any atom is 0.112 e. The molecule has 4 nitrogen and oxygen atoms in total. The molecule has 0 aromatic carbocycles. The van der Waals surface area contributed by atoms with E-state index in [9.17, 15) is 0 Å². The van der Waals surface area contributed by atoms with Gasteiger partial charge in [-0.15, -0.1) is 0 Å². The molecule has 56 valence electrons. The van der Waals surface area contributed by atoms with E-state index in [2.05, 4.69) is 0 Å². The lowest BCUT2D eigenvalue weighted by atomic mass is 9.92. The van der Waals surface area contributed by atoms with Crippen LogP contribution in [0, 0.1) is 0 Å². The minimum Gasteiger partial charge on any atom is -0.394 e. The largest absolute Gasteiger partial charge is 0.394 e. The molecular formula is C5H10BNO3. The molecule has 0 saturated carbocycles. The average molecular weight is 143 g/mol. The van der Waals surface area contributed by atoms with Crippen LogP contribution in [0.2, 0.25) is 0 Å². The van der Waals surface area contributed by atoms with Gasteiger partial charge in [-0.2, -0.15) is 0 Å². The van der Waals surface area contributed by atoms with E-state index in [0.717, 1.165) is 0 Å². The van der Waals surface area contributed by atoms with Gasteiger partial charge in [0.05, 0.1) is 24.9 Å². The number of hydrogen-bond acceptors (Lipinski definition) is 4. The van der Waals surface area contributed by atoms with E-state index >= 15 is 0 Å². The van der Waals surface area contributed by atoms with Crippen molar-refractivity contribution in [1.29, 1.82) is 0 Å². The summed E-state index contributed by atoms with van der Waals surface area (Å²) in [5.41, 5.74) is 5.41. The Bertz CT molecular complexity index is 123. The fourth-order valence-electron chi connectivity index (χ4n) is 0.977. The van der Waals surface area contributed by atoms with Gasteiger partial charge in [0.15, 0.2) is 0 Å². The molecule has 5 heteroatoms. The van der Waals surface area contributed by atoms with Crippen LogP contribution in [-0.4, -0.2) is 48.9 Å². The fraction of sp³-hybridized carbons (Fsp3) is 1.00. The minimum absolute atomic E-state index is 0.202. The molecule has 0 amide bonds. The lowest BCUT2D eigenvalue weighted by Crippen LogP contribution is -2.41. The van der Waals surface area contributed by atoms with Crippen molar-refractivity contribution in [1.82, 2.24) is 0 Å². The van der Waals surface area contributed by atoms with Crippen LogP contribution in [0.1, 0.15) is 0 Å². The van der Waals surface area contributed by atoms with E-state index in [0.29, 0.717) is 0 Å². The Morgan fingerprint density at radius 1 is 1.60 bits per heavy atom. The zero-order valence-corrected chi connectivity index (χ0v) is 5.47. The SMILES string of the molecule is [B][C@@H]1O[C@H](CO)[C@H](N)C1O. The highest BCUT2D eigenvalue weighted by Gasteiger charge is 2.37. The first kappa shape index (κ1) is 8.01. The summed E-state index contributed by atoms with van der Waals surface area (Å²) in [4.78, 5) is 0. The molecule has 10 heavy (non-hydrogen) atoms. The van der Waals surface area contributed by atoms with Crippen molar-refractivity contribution >= 4 is 7.85 Å². The summed E-state index contributed by atoms with van der Waals surface area (Å²) in [5, 5.41) is 17.7. The molecule has 0 bridgehead atoms. The van der Waals surface area contributed by atoms with Gasteiger partial charge in [0.2, 0.25) is 0 Å². The molecule has 1 heterocycles. The van der Waals surface area contributed by atoms with Crippen molar-refractivity contribution < 1.29 is 14.9 Å². The first-order chi connectivity index (χ1) is 4.66. The predicted molar refractivity (Wildman–Crippen MR) is 35.5 cm³/mol. The van der Waals surface area contributed by atoms with Gasteiger partial charge in [-0.25, -0.2) is 0 Å². The standard InChI is InChI=1S/C5H10BNO3/c6-5-4(9)3(7)2(1-8)10-5/h2-5,8-9H,1,7H2/t2-,3+,4?,5-/m1/s1. The van der Waals surface area contributed by atoms with E-state index in [1.54, 1.807) is 0 Å². The monoisotopic (exact) mass is 143 g/mol. The Kier molecular flexibility index (Phi) is 2.30. The Hall–Kier alpha value is -0.0951. The van der Waals surface area contributed by atoms with Gasteiger partial charge >= 0.3 is 0 Å². The molecule has 0 aliphatic carbocycles. The summed E-state index contributed by atoms with van der Waals surface area (Å²) < 4.78 is 4.89. The Morgan fingerprint density at radius 2 is 2.20 bits per heavy atom. The molecule has 0 spiro atoms. The van der Waals surface area contributed by atoms with Gasteiger partial charge in [-0.1, -0.05) is 0 Å². The first-order valence-corrected chi connectivity index (χ1v) is 3.12. The third-order valence-corrected chi connectivity index (χ3v) is 1.67. The van der Waals surface area contributed by atoms with Crippen molar-refractivity contribution in [3.05, 3.63) is 0 Å². The summed E-state index contributed by atoms with van der Waals surface area (Å²) in [5.74, 6) is 0. The van der Waals surface area contributed by atoms with Crippen molar-refractivity contribution in [2.75, 3.05) is 6.61 Å². The topological polar surface area (TPSA) is 75.7 Å². The number of aliphatic hydroxyl groups is 2. The molecule has 0 aromatic heterocycles. The predicted octanol–water partition coefficient (Wildman–Crippen LogP) is -2.44. The molecule has 1 aliphatic heterocycles. The Balaban J connectivity index is 2.53. The zero-order chi connectivity index (χ0) is 7.72. The fourth-order valence-corrected chi connectivity index (χ4v) is 0.977. The first-order valence-electron chi connectivity index (χ1n) is 3.12. The summed E-state index contributed by atoms with van der Waals surface area (Å²) in [6, 6.07) is -1.33. The molecule has 0 aromatic rings. The van der Waals surface area contributed by atoms with Crippen molar-refractivity contribution in [3.8, 4) is 0 Å². The summed E-state index contributed by atoms with van der Waals surface area (Å²) in [6.07, 6.45) is -1.39. The minimum atomic E-state index is -0.864. The van der Waals surface area contributed by atoms with Crippen molar-refractivity contribution in [3.63, 3.8) is 0 Å². The lowest BCUT2D eigenvalue weighted by Gasteiger charge is -2.11. The number of aliphatic hydroxyl groups excluding tert-OH is 2. The Labute approximate surface area is 60.4 Å². The second-order valence-corrected chi connectivity index (χ2v) is 2.39. The van der Waals surface area contributed by atoms with Gasteiger partial charge in [0.25, 0.3) is 0 Å². The van der Waals surface area contributed by atoms with Crippen LogP contribution in [0.25, 0.3) is 0 Å². The zero-order valence-electron chi connectivity index (χ0n) is 5.47. The number of rotatable bonds is 1. The van der Waals surface area contributed by atoms with Crippen LogP contribution in [0.4, 0.5) is 0 Å². The van der Waals surface area contributed by atoms with Crippen LogP contribution in [0.5, 0.6) is 0 Å². The second kappa shape index (κ2) is 2.88. The van der Waals surface area contributed by atoms with Crippen LogP contribution in [-0.2, 0) is 4.74 Å². The molecule has 1 saturated heterocycles. The highest BCUT2D eigenvalue weighted by Crippen LogP contribution is 2.16. The summed E-state index contributed by atoms with van der Waals surface area (Å²) in [7, 11) is 5.27. The van der Waals surface area contributed by atoms with Crippen LogP contribution in [0.15, 0.2) is 0 Å². The van der Waals surface area contributed by atoms with Gasteiger partial charge in [-0.3, -0.25) is 0 Å². The number of ether oxygens (including phenoxy) is 1. The van der Waals surface area contributed by atoms with Crippen LogP contribution >= 0.6 is 0 Å². The van der Waals surface area contributed by atoms with Gasteiger partial charge in [0, 0.05) is 6.00 Å². The third kappa shape index (κ3) is 1.18. The van der Waals surface area contributed by atoms with Crippen molar-refractivity contribution in [2.45, 2.75) is 24.3 Å². The summed E-state index contributed by atoms with van der Waals surface area (Å²) >= 11 is 0. The average Bonchev–Trinajstić information content (AvgIpc) is 2.17. The van der Waals surface area contributed by atoms with Crippen LogP contribution < -0.4 is 5.73 Å². The van der Waals surface area contributed by atoms with E-state index in [1.807, 2.05) is 0 Å². The van der Waals surface area contributed by atoms with E-state index in [4.69, 9.17) is 28.5 Å². The molecule has 1 rings (SSSR count). The molecule has 1 unspecified atom stereocenters. The molecule has 4 atom stereocenters. The Morgan fingerprint density at radius 3 is 2.40 bits per heavy atom. The lowest BCUT2D eigenvalue weighted by molar-refractivity contribution is 0.0290. The maximum atomic E-state index is 9.08. The number of nitrogens with two attached hydrogens (primary N) is 1. The highest BCUT2D eigenvalue weighted by molar-refractivity contribution is 6.11. The third-order valence-electron chi connectivity index (χ3n) is 1.67. The van der Waals surface area contributed by atoms with E-state index in [1.165, 1.54) is 0 Å². The molecule has 1 aliphatic rings. The molecule has 2 radical (unpaired) electrons. The van der Waals surface area contributed by atoms with Gasteiger partial charge in [0.1, 0.15) is 7.85 Å². The van der Waals surface area contributed by atoms with Gasteiger partial charge in [-0.05, 0) is 0 Å². The second-order valence-electron chi connectivity index (χ2n) is 2.39. The van der Waals surface area contributed by atoms with E-state index < -0.39 is 24.3 Å². The normalized spacial score (nSPS) is 47.9. The maximum absolute atomic E-state index is 9.08. The van der Waals surface area contributed by atoms with Gasteiger partial charge < -0.3 is 20.7 Å². The van der Waals surface area contributed by atoms with Crippen LogP contribution in [0.3, 0.4) is 0 Å². The molecule has 1 fully saturated rings. The molecule has 4 N–H and O–H groups in total. The smallest absolute Gasteiger partial charge is 0.112 e.